The number of hydrogen-bond donors (Lipinski definition) is 0. The fourth-order valence-electron chi connectivity index (χ4n) is 2.32. The van der Waals surface area contributed by atoms with Crippen LogP contribution in [0.25, 0.3) is 0 Å². The molecule has 0 aromatic carbocycles. The van der Waals surface area contributed by atoms with E-state index in [1.807, 2.05) is 0 Å². The summed E-state index contributed by atoms with van der Waals surface area (Å²) < 4.78 is 35.5. The van der Waals surface area contributed by atoms with Gasteiger partial charge in [-0.05, 0) is 6.92 Å². The van der Waals surface area contributed by atoms with Crippen LogP contribution in [0.2, 0.25) is 0 Å². The molecule has 3 saturated heterocycles. The van der Waals surface area contributed by atoms with Crippen LogP contribution >= 0.6 is 0 Å². The van der Waals surface area contributed by atoms with Crippen molar-refractivity contribution in [1.29, 1.82) is 0 Å². The first-order valence-electron chi connectivity index (χ1n) is 9.49. The number of epoxide rings is 3. The van der Waals surface area contributed by atoms with Gasteiger partial charge in [0.2, 0.25) is 5.60 Å². The molecule has 3 rings (SSSR count). The molecule has 3 unspecified atom stereocenters. The van der Waals surface area contributed by atoms with Crippen LogP contribution < -0.4 is 0 Å². The molecule has 3 aliphatic rings. The lowest BCUT2D eigenvalue weighted by Crippen LogP contribution is -2.49. The molecule has 0 amide bonds. The Kier molecular flexibility index (Phi) is 7.06. The van der Waals surface area contributed by atoms with Crippen molar-refractivity contribution in [3.8, 4) is 0 Å². The standard InChI is InChI=1S/C19H24O11/c1-11(2)17(22)30-19(18(23)29-10-14-7-26-14,3-15(20)27-8-12-5-24-12)4-16(21)28-9-13-6-25-13/h12-14H,1,3-10H2,2H3. The topological polar surface area (TPSA) is 143 Å². The van der Waals surface area contributed by atoms with Gasteiger partial charge in [-0.2, -0.15) is 0 Å². The van der Waals surface area contributed by atoms with Crippen molar-refractivity contribution >= 4 is 23.9 Å². The van der Waals surface area contributed by atoms with Crippen LogP contribution in [0.3, 0.4) is 0 Å². The minimum absolute atomic E-state index is 0.0161. The Morgan fingerprint density at radius 3 is 1.60 bits per heavy atom. The number of rotatable bonds is 13. The number of hydrogen-bond acceptors (Lipinski definition) is 11. The zero-order valence-electron chi connectivity index (χ0n) is 16.6. The molecular formula is C19H24O11. The van der Waals surface area contributed by atoms with E-state index in [0.717, 1.165) is 0 Å². The van der Waals surface area contributed by atoms with Gasteiger partial charge in [-0.25, -0.2) is 9.59 Å². The lowest BCUT2D eigenvalue weighted by atomic mass is 9.94. The molecule has 166 valence electrons. The van der Waals surface area contributed by atoms with Gasteiger partial charge >= 0.3 is 23.9 Å². The van der Waals surface area contributed by atoms with E-state index >= 15 is 0 Å². The monoisotopic (exact) mass is 428 g/mol. The van der Waals surface area contributed by atoms with Crippen molar-refractivity contribution in [3.05, 3.63) is 12.2 Å². The molecule has 11 heteroatoms. The van der Waals surface area contributed by atoms with E-state index in [9.17, 15) is 19.2 Å². The molecule has 0 spiro atoms. The lowest BCUT2D eigenvalue weighted by Gasteiger charge is -2.29. The summed E-state index contributed by atoms with van der Waals surface area (Å²) in [7, 11) is 0. The van der Waals surface area contributed by atoms with Crippen molar-refractivity contribution in [3.63, 3.8) is 0 Å². The third-order valence-corrected chi connectivity index (χ3v) is 4.34. The minimum atomic E-state index is -2.27. The van der Waals surface area contributed by atoms with Crippen LogP contribution in [-0.2, 0) is 52.3 Å². The maximum absolute atomic E-state index is 12.9. The summed E-state index contributed by atoms with van der Waals surface area (Å²) in [6.45, 7) is 6.02. The quantitative estimate of drug-likeness (QED) is 0.161. The molecule has 0 aromatic heterocycles. The van der Waals surface area contributed by atoms with E-state index in [4.69, 9.17) is 33.2 Å². The van der Waals surface area contributed by atoms with Gasteiger partial charge < -0.3 is 33.2 Å². The van der Waals surface area contributed by atoms with Crippen LogP contribution in [0.4, 0.5) is 0 Å². The van der Waals surface area contributed by atoms with Crippen LogP contribution in [0.5, 0.6) is 0 Å². The van der Waals surface area contributed by atoms with Gasteiger partial charge in [0.1, 0.15) is 38.1 Å². The van der Waals surface area contributed by atoms with Gasteiger partial charge in [0.05, 0.1) is 32.7 Å². The van der Waals surface area contributed by atoms with E-state index in [0.29, 0.717) is 19.8 Å². The van der Waals surface area contributed by atoms with Crippen molar-refractivity contribution in [2.75, 3.05) is 39.6 Å². The zero-order valence-corrected chi connectivity index (χ0v) is 16.6. The molecule has 0 aliphatic carbocycles. The largest absolute Gasteiger partial charge is 0.463 e. The molecule has 3 heterocycles. The van der Waals surface area contributed by atoms with Crippen molar-refractivity contribution in [2.24, 2.45) is 0 Å². The maximum Gasteiger partial charge on any atom is 0.351 e. The average Bonchev–Trinajstić information content (AvgIpc) is 3.56. The molecule has 0 saturated carbocycles. The molecule has 0 bridgehead atoms. The predicted molar refractivity (Wildman–Crippen MR) is 95.0 cm³/mol. The highest BCUT2D eigenvalue weighted by atomic mass is 16.6. The smallest absolute Gasteiger partial charge is 0.351 e. The lowest BCUT2D eigenvalue weighted by molar-refractivity contribution is -0.189. The van der Waals surface area contributed by atoms with E-state index in [2.05, 4.69) is 6.58 Å². The number of carbonyl (C=O) groups is 4. The third kappa shape index (κ3) is 7.08. The normalized spacial score (nSPS) is 25.3. The minimum Gasteiger partial charge on any atom is -0.463 e. The van der Waals surface area contributed by atoms with Crippen molar-refractivity contribution in [1.82, 2.24) is 0 Å². The molecule has 11 nitrogen and oxygen atoms in total. The summed E-state index contributed by atoms with van der Waals surface area (Å²) >= 11 is 0. The highest BCUT2D eigenvalue weighted by Crippen LogP contribution is 2.28. The second kappa shape index (κ2) is 9.54. The van der Waals surface area contributed by atoms with Gasteiger partial charge in [-0.3, -0.25) is 9.59 Å². The molecule has 30 heavy (non-hydrogen) atoms. The fraction of sp³-hybridized carbons (Fsp3) is 0.684. The van der Waals surface area contributed by atoms with Crippen LogP contribution in [0.1, 0.15) is 19.8 Å². The number of ether oxygens (including phenoxy) is 7. The Morgan fingerprint density at radius 2 is 1.23 bits per heavy atom. The molecular weight excluding hydrogens is 404 g/mol. The van der Waals surface area contributed by atoms with Crippen molar-refractivity contribution < 1.29 is 52.3 Å². The summed E-state index contributed by atoms with van der Waals surface area (Å²) in [6, 6.07) is 0. The van der Waals surface area contributed by atoms with Crippen molar-refractivity contribution in [2.45, 2.75) is 43.7 Å². The molecule has 3 aliphatic heterocycles. The highest BCUT2D eigenvalue weighted by molar-refractivity contribution is 5.95. The number of esters is 4. The van der Waals surface area contributed by atoms with E-state index < -0.39 is 42.3 Å². The Morgan fingerprint density at radius 1 is 0.833 bits per heavy atom. The predicted octanol–water partition coefficient (Wildman–Crippen LogP) is -0.549. The molecule has 3 atom stereocenters. The van der Waals surface area contributed by atoms with Gasteiger partial charge in [-0.15, -0.1) is 0 Å². The van der Waals surface area contributed by atoms with Crippen LogP contribution in [-0.4, -0.2) is 87.4 Å². The fourth-order valence-corrected chi connectivity index (χ4v) is 2.32. The second-order valence-corrected chi connectivity index (χ2v) is 7.35. The molecule has 0 N–H and O–H groups in total. The number of carbonyl (C=O) groups excluding carboxylic acids is 4. The summed E-state index contributed by atoms with van der Waals surface area (Å²) in [5, 5.41) is 0. The third-order valence-electron chi connectivity index (χ3n) is 4.34. The Bertz CT molecular complexity index is 673. The Balaban J connectivity index is 1.73. The van der Waals surface area contributed by atoms with Gasteiger partial charge in [0, 0.05) is 5.57 Å². The maximum atomic E-state index is 12.9. The summed E-state index contributed by atoms with van der Waals surface area (Å²) in [5.74, 6) is -3.77. The van der Waals surface area contributed by atoms with Crippen LogP contribution in [0.15, 0.2) is 12.2 Å². The van der Waals surface area contributed by atoms with Gasteiger partial charge in [-0.1, -0.05) is 6.58 Å². The molecule has 3 fully saturated rings. The first-order chi connectivity index (χ1) is 14.3. The van der Waals surface area contributed by atoms with E-state index in [1.54, 1.807) is 0 Å². The summed E-state index contributed by atoms with van der Waals surface area (Å²) in [4.78, 5) is 49.8. The SMILES string of the molecule is C=C(C)C(=O)OC(CC(=O)OCC1CO1)(CC(=O)OCC1CO1)C(=O)OCC1CO1. The first-order valence-corrected chi connectivity index (χ1v) is 9.49. The average molecular weight is 428 g/mol. The molecule has 0 radical (unpaired) electrons. The first kappa shape index (κ1) is 22.2. The summed E-state index contributed by atoms with van der Waals surface area (Å²) in [5.41, 5.74) is -2.30. The van der Waals surface area contributed by atoms with Gasteiger partial charge in [0.15, 0.2) is 0 Å². The van der Waals surface area contributed by atoms with E-state index in [-0.39, 0.29) is 43.7 Å². The molecule has 0 aromatic rings. The highest BCUT2D eigenvalue weighted by Gasteiger charge is 2.50. The van der Waals surface area contributed by atoms with Crippen LogP contribution in [0, 0.1) is 0 Å². The Labute approximate surface area is 172 Å². The van der Waals surface area contributed by atoms with E-state index in [1.165, 1.54) is 6.92 Å². The second-order valence-electron chi connectivity index (χ2n) is 7.35. The zero-order chi connectivity index (χ0) is 21.7. The summed E-state index contributed by atoms with van der Waals surface area (Å²) in [6.07, 6.45) is -2.16. The van der Waals surface area contributed by atoms with Gasteiger partial charge in [0.25, 0.3) is 0 Å². The Hall–Kier alpha value is -2.50.